The van der Waals surface area contributed by atoms with Crippen LogP contribution in [0.2, 0.25) is 0 Å². The minimum absolute atomic E-state index is 0.0753. The largest absolute Gasteiger partial charge is 0.480 e. The molecule has 1 aromatic carbocycles. The molecule has 6 heteroatoms. The Morgan fingerprint density at radius 1 is 1.50 bits per heavy atom. The Kier molecular flexibility index (Phi) is 5.30. The first kappa shape index (κ1) is 14.7. The molecule has 0 radical (unpaired) electrons. The number of halogens is 1. The lowest BCUT2D eigenvalue weighted by Gasteiger charge is -2.13. The number of aliphatic carboxylic acids is 1. The van der Waals surface area contributed by atoms with E-state index in [1.807, 2.05) is 6.92 Å². The Hall–Kier alpha value is -1.40. The predicted octanol–water partition coefficient (Wildman–Crippen LogP) is 1.59. The second-order valence-electron chi connectivity index (χ2n) is 3.78. The topological polar surface area (TPSA) is 75.6 Å². The maximum atomic E-state index is 11.8. The SMILES string of the molecule is COCC(NC(=O)c1ccc(C)c(Br)c1)C(=O)O. The average molecular weight is 316 g/mol. The van der Waals surface area contributed by atoms with Crippen LogP contribution in [0, 0.1) is 6.92 Å². The van der Waals surface area contributed by atoms with Crippen molar-refractivity contribution in [2.24, 2.45) is 0 Å². The number of carbonyl (C=O) groups excluding carboxylic acids is 1. The normalized spacial score (nSPS) is 11.9. The number of hydrogen-bond acceptors (Lipinski definition) is 3. The molecule has 1 atom stereocenters. The van der Waals surface area contributed by atoms with Gasteiger partial charge in [-0.1, -0.05) is 22.0 Å². The smallest absolute Gasteiger partial charge is 0.328 e. The van der Waals surface area contributed by atoms with E-state index >= 15 is 0 Å². The summed E-state index contributed by atoms with van der Waals surface area (Å²) in [5, 5.41) is 11.3. The number of carboxylic acids is 1. The number of hydrogen-bond donors (Lipinski definition) is 2. The molecule has 0 saturated heterocycles. The van der Waals surface area contributed by atoms with Gasteiger partial charge in [-0.25, -0.2) is 4.79 Å². The van der Waals surface area contributed by atoms with Crippen molar-refractivity contribution in [1.29, 1.82) is 0 Å². The van der Waals surface area contributed by atoms with Crippen molar-refractivity contribution in [2.45, 2.75) is 13.0 Å². The van der Waals surface area contributed by atoms with Gasteiger partial charge in [-0.2, -0.15) is 0 Å². The second kappa shape index (κ2) is 6.51. The Morgan fingerprint density at radius 3 is 2.67 bits per heavy atom. The molecular formula is C12H14BrNO4. The van der Waals surface area contributed by atoms with Crippen LogP contribution < -0.4 is 5.32 Å². The standard InChI is InChI=1S/C12H14BrNO4/c1-7-3-4-8(5-9(7)13)11(15)14-10(6-18-2)12(16)17/h3-5,10H,6H2,1-2H3,(H,14,15)(H,16,17). The van der Waals surface area contributed by atoms with Crippen molar-refractivity contribution < 1.29 is 19.4 Å². The van der Waals surface area contributed by atoms with Crippen molar-refractivity contribution in [3.05, 3.63) is 33.8 Å². The second-order valence-corrected chi connectivity index (χ2v) is 4.64. The summed E-state index contributed by atoms with van der Waals surface area (Å²) in [6, 6.07) is 4.02. The number of nitrogens with one attached hydrogen (secondary N) is 1. The molecule has 98 valence electrons. The van der Waals surface area contributed by atoms with Crippen molar-refractivity contribution in [3.63, 3.8) is 0 Å². The van der Waals surface area contributed by atoms with Gasteiger partial charge in [0.1, 0.15) is 0 Å². The number of carbonyl (C=O) groups is 2. The maximum Gasteiger partial charge on any atom is 0.328 e. The molecule has 1 amide bonds. The number of methoxy groups -OCH3 is 1. The first-order chi connectivity index (χ1) is 8.45. The molecule has 18 heavy (non-hydrogen) atoms. The molecule has 2 N–H and O–H groups in total. The number of amides is 1. The summed E-state index contributed by atoms with van der Waals surface area (Å²) in [5.74, 6) is -1.57. The summed E-state index contributed by atoms with van der Waals surface area (Å²) in [4.78, 5) is 22.7. The number of ether oxygens (including phenoxy) is 1. The molecule has 5 nitrogen and oxygen atoms in total. The van der Waals surface area contributed by atoms with Crippen LogP contribution in [0.15, 0.2) is 22.7 Å². The number of aryl methyl sites for hydroxylation is 1. The minimum atomic E-state index is -1.13. The lowest BCUT2D eigenvalue weighted by molar-refractivity contribution is -0.140. The van der Waals surface area contributed by atoms with Gasteiger partial charge in [-0.3, -0.25) is 4.79 Å². The third-order valence-electron chi connectivity index (χ3n) is 2.37. The zero-order chi connectivity index (χ0) is 13.7. The highest BCUT2D eigenvalue weighted by Gasteiger charge is 2.20. The highest BCUT2D eigenvalue weighted by Crippen LogP contribution is 2.17. The molecule has 0 fully saturated rings. The Balaban J connectivity index is 2.80. The molecule has 1 aromatic rings. The fraction of sp³-hybridized carbons (Fsp3) is 0.333. The van der Waals surface area contributed by atoms with E-state index in [1.54, 1.807) is 18.2 Å². The predicted molar refractivity (Wildman–Crippen MR) is 69.6 cm³/mol. The van der Waals surface area contributed by atoms with Gasteiger partial charge in [0.15, 0.2) is 6.04 Å². The number of rotatable bonds is 5. The molecule has 0 saturated carbocycles. The van der Waals surface area contributed by atoms with E-state index in [1.165, 1.54) is 7.11 Å². The zero-order valence-electron chi connectivity index (χ0n) is 10.1. The fourth-order valence-electron chi connectivity index (χ4n) is 1.32. The van der Waals surface area contributed by atoms with E-state index in [9.17, 15) is 9.59 Å². The molecule has 1 rings (SSSR count). The van der Waals surface area contributed by atoms with Crippen molar-refractivity contribution >= 4 is 27.8 Å². The van der Waals surface area contributed by atoms with Crippen LogP contribution in [0.4, 0.5) is 0 Å². The van der Waals surface area contributed by atoms with E-state index < -0.39 is 17.9 Å². The molecule has 0 heterocycles. The number of benzene rings is 1. The Bertz CT molecular complexity index is 461. The Labute approximate surface area is 113 Å². The van der Waals surface area contributed by atoms with E-state index in [0.717, 1.165) is 10.0 Å². The fourth-order valence-corrected chi connectivity index (χ4v) is 1.70. The van der Waals surface area contributed by atoms with Crippen molar-refractivity contribution in [1.82, 2.24) is 5.32 Å². The van der Waals surface area contributed by atoms with E-state index in [-0.39, 0.29) is 6.61 Å². The van der Waals surface area contributed by atoms with Gasteiger partial charge < -0.3 is 15.2 Å². The zero-order valence-corrected chi connectivity index (χ0v) is 11.7. The highest BCUT2D eigenvalue weighted by atomic mass is 79.9. The van der Waals surface area contributed by atoms with E-state index in [0.29, 0.717) is 5.56 Å². The van der Waals surface area contributed by atoms with Gasteiger partial charge in [-0.05, 0) is 24.6 Å². The Morgan fingerprint density at radius 2 is 2.17 bits per heavy atom. The highest BCUT2D eigenvalue weighted by molar-refractivity contribution is 9.10. The van der Waals surface area contributed by atoms with Crippen LogP contribution in [-0.2, 0) is 9.53 Å². The van der Waals surface area contributed by atoms with E-state index in [2.05, 4.69) is 21.2 Å². The summed E-state index contributed by atoms with van der Waals surface area (Å²) >= 11 is 3.32. The van der Waals surface area contributed by atoms with Crippen LogP contribution in [-0.4, -0.2) is 36.7 Å². The molecule has 0 bridgehead atoms. The van der Waals surface area contributed by atoms with Gasteiger partial charge >= 0.3 is 5.97 Å². The first-order valence-corrected chi connectivity index (χ1v) is 6.03. The van der Waals surface area contributed by atoms with Crippen LogP contribution in [0.3, 0.4) is 0 Å². The van der Waals surface area contributed by atoms with Gasteiger partial charge in [0.05, 0.1) is 6.61 Å². The van der Waals surface area contributed by atoms with Crippen LogP contribution >= 0.6 is 15.9 Å². The lowest BCUT2D eigenvalue weighted by Crippen LogP contribution is -2.43. The quantitative estimate of drug-likeness (QED) is 0.865. The molecule has 1 unspecified atom stereocenters. The molecule has 0 spiro atoms. The molecule has 0 aliphatic heterocycles. The van der Waals surface area contributed by atoms with Crippen LogP contribution in [0.5, 0.6) is 0 Å². The third-order valence-corrected chi connectivity index (χ3v) is 3.23. The monoisotopic (exact) mass is 315 g/mol. The molecular weight excluding hydrogens is 302 g/mol. The summed E-state index contributed by atoms with van der Waals surface area (Å²) in [6.07, 6.45) is 0. The lowest BCUT2D eigenvalue weighted by atomic mass is 10.1. The maximum absolute atomic E-state index is 11.8. The first-order valence-electron chi connectivity index (χ1n) is 5.24. The molecule has 0 aliphatic rings. The van der Waals surface area contributed by atoms with Gasteiger partial charge in [0.25, 0.3) is 5.91 Å². The summed E-state index contributed by atoms with van der Waals surface area (Å²) in [5.41, 5.74) is 1.40. The van der Waals surface area contributed by atoms with Crippen molar-refractivity contribution in [2.75, 3.05) is 13.7 Å². The van der Waals surface area contributed by atoms with Crippen molar-refractivity contribution in [3.8, 4) is 0 Å². The van der Waals surface area contributed by atoms with Gasteiger partial charge in [-0.15, -0.1) is 0 Å². The third kappa shape index (κ3) is 3.82. The summed E-state index contributed by atoms with van der Waals surface area (Å²) < 4.78 is 5.54. The van der Waals surface area contributed by atoms with Gasteiger partial charge in [0, 0.05) is 17.1 Å². The van der Waals surface area contributed by atoms with Gasteiger partial charge in [0.2, 0.25) is 0 Å². The molecule has 0 aliphatic carbocycles. The average Bonchev–Trinajstić information content (AvgIpc) is 2.31. The minimum Gasteiger partial charge on any atom is -0.480 e. The van der Waals surface area contributed by atoms with E-state index in [4.69, 9.17) is 9.84 Å². The number of carboxylic acid groups (broad SMARTS) is 1. The van der Waals surface area contributed by atoms with Crippen LogP contribution in [0.1, 0.15) is 15.9 Å². The summed E-state index contributed by atoms with van der Waals surface area (Å²) in [7, 11) is 1.38. The summed E-state index contributed by atoms with van der Waals surface area (Å²) in [6.45, 7) is 1.82. The molecule has 0 aromatic heterocycles. The van der Waals surface area contributed by atoms with Crippen LogP contribution in [0.25, 0.3) is 0 Å².